The number of carbonyl (C=O) groups excluding carboxylic acids is 7. The summed E-state index contributed by atoms with van der Waals surface area (Å²) in [6, 6.07) is 0. The Kier molecular flexibility index (Phi) is 14.1. The summed E-state index contributed by atoms with van der Waals surface area (Å²) >= 11 is 0. The normalized spacial score (nSPS) is 29.8. The highest BCUT2D eigenvalue weighted by molar-refractivity contribution is 5.69. The Morgan fingerprint density at radius 1 is 0.556 bits per heavy atom. The van der Waals surface area contributed by atoms with Crippen molar-refractivity contribution in [2.75, 3.05) is 20.3 Å². The van der Waals surface area contributed by atoms with E-state index in [-0.39, 0.29) is 0 Å². The van der Waals surface area contributed by atoms with E-state index in [1.807, 2.05) is 0 Å². The Bertz CT molecular complexity index is 1110. The summed E-state index contributed by atoms with van der Waals surface area (Å²) in [5.41, 5.74) is 0. The maximum Gasteiger partial charge on any atom is 0.303 e. The number of carbonyl (C=O) groups is 7. The smallest absolute Gasteiger partial charge is 0.303 e. The zero-order valence-electron chi connectivity index (χ0n) is 26.0. The van der Waals surface area contributed by atoms with Crippen molar-refractivity contribution in [1.82, 2.24) is 0 Å². The maximum absolute atomic E-state index is 12.1. The lowest BCUT2D eigenvalue weighted by molar-refractivity contribution is -0.313. The first-order chi connectivity index (χ1) is 21.0. The number of hydrogen-bond acceptors (Lipinski definition) is 18. The first-order valence-corrected chi connectivity index (χ1v) is 13.7. The molecule has 0 saturated carbocycles. The van der Waals surface area contributed by atoms with Crippen LogP contribution in [0, 0.1) is 0 Å². The summed E-state index contributed by atoms with van der Waals surface area (Å²) in [6.45, 7) is 6.45. The Morgan fingerprint density at radius 2 is 1.02 bits per heavy atom. The van der Waals surface area contributed by atoms with Crippen LogP contribution in [0.2, 0.25) is 0 Å². The lowest BCUT2D eigenvalue weighted by Crippen LogP contribution is -2.63. The van der Waals surface area contributed by atoms with Gasteiger partial charge in [-0.15, -0.1) is 0 Å². The van der Waals surface area contributed by atoms with Crippen molar-refractivity contribution in [1.29, 1.82) is 0 Å². The summed E-state index contributed by atoms with van der Waals surface area (Å²) in [5, 5.41) is 0. The monoisotopic (exact) mass is 650 g/mol. The minimum Gasteiger partial charge on any atom is -0.463 e. The van der Waals surface area contributed by atoms with Crippen molar-refractivity contribution in [3.8, 4) is 0 Å². The third-order valence-electron chi connectivity index (χ3n) is 6.10. The van der Waals surface area contributed by atoms with Crippen LogP contribution in [-0.4, -0.2) is 124 Å². The molecule has 0 aliphatic carbocycles. The van der Waals surface area contributed by atoms with Gasteiger partial charge in [0.05, 0.1) is 6.61 Å². The van der Waals surface area contributed by atoms with Crippen LogP contribution < -0.4 is 0 Å². The second-order valence-electron chi connectivity index (χ2n) is 9.90. The highest BCUT2D eigenvalue weighted by Crippen LogP contribution is 2.33. The van der Waals surface area contributed by atoms with Crippen molar-refractivity contribution < 1.29 is 85.7 Å². The van der Waals surface area contributed by atoms with Crippen LogP contribution in [0.25, 0.3) is 0 Å². The summed E-state index contributed by atoms with van der Waals surface area (Å²) in [5.74, 6) is -5.62. The molecule has 0 N–H and O–H groups in total. The fraction of sp³-hybridized carbons (Fsp3) is 0.741. The first-order valence-electron chi connectivity index (χ1n) is 13.7. The minimum absolute atomic E-state index is 0.509. The molecule has 10 atom stereocenters. The molecule has 18 heteroatoms. The molecule has 2 aliphatic heterocycles. The van der Waals surface area contributed by atoms with Crippen LogP contribution in [0.5, 0.6) is 0 Å². The lowest BCUT2D eigenvalue weighted by atomic mass is 9.98. The highest BCUT2D eigenvalue weighted by Gasteiger charge is 2.56. The molecule has 0 aromatic rings. The fourth-order valence-corrected chi connectivity index (χ4v) is 4.70. The van der Waals surface area contributed by atoms with Gasteiger partial charge in [-0.3, -0.25) is 33.6 Å². The van der Waals surface area contributed by atoms with E-state index >= 15 is 0 Å². The van der Waals surface area contributed by atoms with E-state index in [0.29, 0.717) is 0 Å². The van der Waals surface area contributed by atoms with E-state index < -0.39 is 116 Å². The SMILES string of the molecule is COC1O[C@@H]([C@@H](CO[C@@H]2O[C@H](COC(C)=O)[C@@H](OC(C)=O)[C@H](OC(C)=O)[C@H]2OC(C)=O)OC(C)=O)[C@H](OC(C)=O)[C@H]1OC(C)=O. The molecule has 2 saturated heterocycles. The van der Waals surface area contributed by atoms with Crippen LogP contribution in [-0.2, 0) is 85.7 Å². The minimum atomic E-state index is -1.63. The van der Waals surface area contributed by atoms with Crippen LogP contribution in [0.15, 0.2) is 0 Å². The van der Waals surface area contributed by atoms with Gasteiger partial charge in [-0.25, -0.2) is 0 Å². The van der Waals surface area contributed by atoms with E-state index in [9.17, 15) is 33.6 Å². The molecule has 18 nitrogen and oxygen atoms in total. The number of methoxy groups -OCH3 is 1. The Balaban J connectivity index is 2.50. The van der Waals surface area contributed by atoms with Crippen molar-refractivity contribution in [3.05, 3.63) is 0 Å². The fourth-order valence-electron chi connectivity index (χ4n) is 4.70. The molecule has 2 rings (SSSR count). The van der Waals surface area contributed by atoms with Crippen LogP contribution in [0.4, 0.5) is 0 Å². The van der Waals surface area contributed by atoms with Gasteiger partial charge < -0.3 is 52.1 Å². The molecule has 2 aliphatic rings. The van der Waals surface area contributed by atoms with Gasteiger partial charge in [0, 0.05) is 55.6 Å². The van der Waals surface area contributed by atoms with Crippen LogP contribution >= 0.6 is 0 Å². The summed E-state index contributed by atoms with van der Waals surface area (Å²) in [4.78, 5) is 83.6. The van der Waals surface area contributed by atoms with E-state index in [0.717, 1.165) is 48.5 Å². The largest absolute Gasteiger partial charge is 0.463 e. The molecule has 2 heterocycles. The number of rotatable bonds is 13. The average Bonchev–Trinajstić information content (AvgIpc) is 3.22. The molecule has 0 aromatic carbocycles. The number of ether oxygens (including phenoxy) is 11. The third-order valence-corrected chi connectivity index (χ3v) is 6.10. The quantitative estimate of drug-likeness (QED) is 0.177. The predicted octanol–water partition coefficient (Wildman–Crippen LogP) is -0.747. The average molecular weight is 651 g/mol. The van der Waals surface area contributed by atoms with Crippen molar-refractivity contribution in [2.45, 2.75) is 110 Å². The summed E-state index contributed by atoms with van der Waals surface area (Å²) in [7, 11) is 1.24. The van der Waals surface area contributed by atoms with E-state index in [2.05, 4.69) is 0 Å². The highest BCUT2D eigenvalue weighted by atomic mass is 16.8. The standard InChI is InChI=1S/C27H38O18/c1-11(28)36-9-19-20(39-13(3)30)22(40-14(4)31)25(43-17(7)34)27(44-19)37-10-18(38-12(2)29)21-23(41-15(5)32)24(42-16(6)33)26(35-8)45-21/h18-27H,9-10H2,1-8H3/t18-,19-,20-,21+,22+,23+,24-,25-,26?,27-/m1/s1. The molecule has 254 valence electrons. The van der Waals surface area contributed by atoms with Crippen LogP contribution in [0.1, 0.15) is 48.5 Å². The molecular weight excluding hydrogens is 612 g/mol. The van der Waals surface area contributed by atoms with E-state index in [4.69, 9.17) is 52.1 Å². The van der Waals surface area contributed by atoms with Gasteiger partial charge in [0.15, 0.2) is 49.2 Å². The van der Waals surface area contributed by atoms with Crippen LogP contribution in [0.3, 0.4) is 0 Å². The molecular formula is C27H38O18. The van der Waals surface area contributed by atoms with E-state index in [1.54, 1.807) is 0 Å². The predicted molar refractivity (Wildman–Crippen MR) is 140 cm³/mol. The topological polar surface area (TPSA) is 221 Å². The zero-order chi connectivity index (χ0) is 34.0. The summed E-state index contributed by atoms with van der Waals surface area (Å²) in [6.07, 6.45) is -14.1. The Hall–Kier alpha value is -3.87. The molecule has 0 aromatic heterocycles. The number of hydrogen-bond donors (Lipinski definition) is 0. The van der Waals surface area contributed by atoms with Crippen molar-refractivity contribution in [2.24, 2.45) is 0 Å². The molecule has 0 spiro atoms. The van der Waals surface area contributed by atoms with Crippen molar-refractivity contribution >= 4 is 41.8 Å². The molecule has 1 unspecified atom stereocenters. The number of esters is 7. The molecule has 2 fully saturated rings. The van der Waals surface area contributed by atoms with Gasteiger partial charge in [0.2, 0.25) is 0 Å². The third kappa shape index (κ3) is 11.2. The molecule has 0 amide bonds. The van der Waals surface area contributed by atoms with Gasteiger partial charge in [-0.05, 0) is 0 Å². The van der Waals surface area contributed by atoms with Gasteiger partial charge >= 0.3 is 41.8 Å². The lowest BCUT2D eigenvalue weighted by Gasteiger charge is -2.44. The zero-order valence-corrected chi connectivity index (χ0v) is 26.0. The molecule has 0 radical (unpaired) electrons. The van der Waals surface area contributed by atoms with Gasteiger partial charge in [-0.1, -0.05) is 0 Å². The van der Waals surface area contributed by atoms with Gasteiger partial charge in [0.1, 0.15) is 18.8 Å². The molecule has 45 heavy (non-hydrogen) atoms. The van der Waals surface area contributed by atoms with Gasteiger partial charge in [-0.2, -0.15) is 0 Å². The second-order valence-corrected chi connectivity index (χ2v) is 9.90. The second kappa shape index (κ2) is 17.0. The Morgan fingerprint density at radius 3 is 1.49 bits per heavy atom. The first kappa shape index (κ1) is 37.3. The summed E-state index contributed by atoms with van der Waals surface area (Å²) < 4.78 is 60.0. The molecule has 0 bridgehead atoms. The maximum atomic E-state index is 12.1. The van der Waals surface area contributed by atoms with Crippen molar-refractivity contribution in [3.63, 3.8) is 0 Å². The van der Waals surface area contributed by atoms with Gasteiger partial charge in [0.25, 0.3) is 0 Å². The van der Waals surface area contributed by atoms with E-state index in [1.165, 1.54) is 7.11 Å². The Labute approximate surface area is 258 Å².